The number of carbonyl (C=O) groups excluding carboxylic acids is 2. The lowest BCUT2D eigenvalue weighted by Gasteiger charge is -2.61. The average molecular weight is 442 g/mol. The monoisotopic (exact) mass is 441 g/mol. The normalized spacial score (nSPS) is 24.5. The van der Waals surface area contributed by atoms with E-state index in [1.54, 1.807) is 41.2 Å². The molecule has 3 fully saturated rings. The number of carbonyl (C=O) groups is 2. The van der Waals surface area contributed by atoms with Crippen molar-refractivity contribution < 1.29 is 14.0 Å². The molecule has 3 aliphatic rings. The van der Waals surface area contributed by atoms with E-state index >= 15 is 0 Å². The highest BCUT2D eigenvalue weighted by atomic mass is 35.5. The van der Waals surface area contributed by atoms with Crippen molar-refractivity contribution in [3.63, 3.8) is 0 Å². The van der Waals surface area contributed by atoms with Gasteiger partial charge in [-0.15, -0.1) is 10.2 Å². The molecule has 2 aliphatic heterocycles. The third-order valence-electron chi connectivity index (χ3n) is 5.98. The van der Waals surface area contributed by atoms with Crippen molar-refractivity contribution in [2.45, 2.75) is 37.8 Å². The molecule has 1 aromatic carbocycles. The lowest BCUT2D eigenvalue weighted by atomic mass is 9.64. The second-order valence-electron chi connectivity index (χ2n) is 8.23. The Morgan fingerprint density at radius 1 is 1.35 bits per heavy atom. The summed E-state index contributed by atoms with van der Waals surface area (Å²) < 4.78 is 7.12. The molecule has 31 heavy (non-hydrogen) atoms. The highest BCUT2D eigenvalue weighted by Crippen LogP contribution is 2.55. The predicted octanol–water partition coefficient (Wildman–Crippen LogP) is 3.26. The fraction of sp³-hybridized carbons (Fsp3) is 0.400. The number of hydrogen-bond donors (Lipinski definition) is 1. The molecule has 3 aromatic rings. The molecule has 11 heteroatoms. The lowest BCUT2D eigenvalue weighted by molar-refractivity contribution is -0.110. The number of hydrogen-bond acceptors (Lipinski definition) is 7. The van der Waals surface area contributed by atoms with E-state index in [0.717, 1.165) is 12.8 Å². The van der Waals surface area contributed by atoms with Crippen LogP contribution in [0.5, 0.6) is 0 Å². The predicted molar refractivity (Wildman–Crippen MR) is 110 cm³/mol. The number of anilines is 1. The van der Waals surface area contributed by atoms with Gasteiger partial charge in [0.1, 0.15) is 11.9 Å². The summed E-state index contributed by atoms with van der Waals surface area (Å²) in [4.78, 5) is 30.3. The Morgan fingerprint density at radius 2 is 2.19 bits per heavy atom. The number of halogens is 1. The number of aromatic nitrogens is 5. The minimum absolute atomic E-state index is 0.0690. The summed E-state index contributed by atoms with van der Waals surface area (Å²) >= 11 is 6.32. The SMILES string of the molecule is CC1CC2CC(c3nnc(C=O)o3)(C1)N2C(=O)Nc1ccc(Cl)c(-c2ncn(C)n2)c1. The number of rotatable bonds is 4. The van der Waals surface area contributed by atoms with Gasteiger partial charge in [0.05, 0.1) is 5.02 Å². The average Bonchev–Trinajstić information content (AvgIpc) is 3.38. The van der Waals surface area contributed by atoms with Crippen LogP contribution in [0.2, 0.25) is 5.02 Å². The summed E-state index contributed by atoms with van der Waals surface area (Å²) in [6.45, 7) is 2.14. The number of nitrogens with one attached hydrogen (secondary N) is 1. The fourth-order valence-corrected chi connectivity index (χ4v) is 5.04. The second-order valence-corrected chi connectivity index (χ2v) is 8.64. The Hall–Kier alpha value is -3.27. The van der Waals surface area contributed by atoms with Crippen LogP contribution >= 0.6 is 11.6 Å². The molecule has 1 aliphatic carbocycles. The van der Waals surface area contributed by atoms with Crippen molar-refractivity contribution in [1.29, 1.82) is 0 Å². The minimum Gasteiger partial charge on any atom is -0.416 e. The van der Waals surface area contributed by atoms with Gasteiger partial charge >= 0.3 is 6.03 Å². The summed E-state index contributed by atoms with van der Waals surface area (Å²) in [5.41, 5.74) is 0.502. The Morgan fingerprint density at radius 3 is 2.90 bits per heavy atom. The molecule has 2 amide bonds. The van der Waals surface area contributed by atoms with Gasteiger partial charge in [0.15, 0.2) is 5.82 Å². The molecule has 3 unspecified atom stereocenters. The lowest BCUT2D eigenvalue weighted by Crippen LogP contribution is -2.70. The number of fused-ring (bicyclic) bond motifs is 2. The van der Waals surface area contributed by atoms with Crippen LogP contribution in [0, 0.1) is 5.92 Å². The number of nitrogens with zero attached hydrogens (tertiary/aromatic N) is 6. The molecule has 10 nitrogen and oxygen atoms in total. The topological polar surface area (TPSA) is 119 Å². The molecule has 2 saturated heterocycles. The van der Waals surface area contributed by atoms with E-state index < -0.39 is 5.54 Å². The van der Waals surface area contributed by atoms with E-state index in [0.29, 0.717) is 46.6 Å². The Bertz CT molecular complexity index is 1180. The standard InChI is InChI=1S/C20H20ClN7O3/c1-11-5-13-8-20(7-11,18-25-24-16(9-29)31-18)28(13)19(30)23-12-3-4-15(21)14(6-12)17-22-10-27(2)26-17/h3-4,6,9-11,13H,5,7-8H2,1-2H3,(H,23,30). The maximum Gasteiger partial charge on any atom is 0.323 e. The zero-order valence-electron chi connectivity index (χ0n) is 16.9. The van der Waals surface area contributed by atoms with Crippen LogP contribution in [0.15, 0.2) is 28.9 Å². The van der Waals surface area contributed by atoms with Gasteiger partial charge in [-0.25, -0.2) is 9.78 Å². The molecule has 1 saturated carbocycles. The van der Waals surface area contributed by atoms with Gasteiger partial charge in [-0.05, 0) is 37.0 Å². The Labute approximate surface area is 182 Å². The van der Waals surface area contributed by atoms with Crippen LogP contribution < -0.4 is 5.32 Å². The van der Waals surface area contributed by atoms with E-state index in [4.69, 9.17) is 16.0 Å². The van der Waals surface area contributed by atoms with Crippen LogP contribution in [-0.4, -0.2) is 48.2 Å². The van der Waals surface area contributed by atoms with Crippen molar-refractivity contribution in [3.05, 3.63) is 41.3 Å². The van der Waals surface area contributed by atoms with Gasteiger partial charge in [0.2, 0.25) is 12.2 Å². The second kappa shape index (κ2) is 7.16. The fourth-order valence-electron chi connectivity index (χ4n) is 4.84. The molecule has 1 N–H and O–H groups in total. The maximum absolute atomic E-state index is 13.3. The molecular formula is C20H20ClN7O3. The zero-order valence-corrected chi connectivity index (χ0v) is 17.7. The summed E-state index contributed by atoms with van der Waals surface area (Å²) in [6.07, 6.45) is 4.42. The van der Waals surface area contributed by atoms with Crippen molar-refractivity contribution >= 4 is 29.6 Å². The molecule has 0 radical (unpaired) electrons. The van der Waals surface area contributed by atoms with Crippen molar-refractivity contribution in [3.8, 4) is 11.4 Å². The van der Waals surface area contributed by atoms with Crippen LogP contribution in [-0.2, 0) is 12.6 Å². The quantitative estimate of drug-likeness (QED) is 0.617. The summed E-state index contributed by atoms with van der Waals surface area (Å²) in [6, 6.07) is 4.98. The number of benzene rings is 1. The molecule has 0 spiro atoms. The molecule has 3 atom stereocenters. The Balaban J connectivity index is 1.43. The highest BCUT2D eigenvalue weighted by Gasteiger charge is 2.62. The van der Waals surface area contributed by atoms with E-state index in [2.05, 4.69) is 32.5 Å². The number of urea groups is 1. The van der Waals surface area contributed by atoms with Crippen molar-refractivity contribution in [1.82, 2.24) is 29.9 Å². The van der Waals surface area contributed by atoms with Gasteiger partial charge in [-0.1, -0.05) is 18.5 Å². The molecule has 2 bridgehead atoms. The number of piperidine rings is 1. The molecule has 160 valence electrons. The third kappa shape index (κ3) is 3.18. The first-order chi connectivity index (χ1) is 14.9. The first kappa shape index (κ1) is 19.7. The van der Waals surface area contributed by atoms with Gasteiger partial charge < -0.3 is 14.6 Å². The van der Waals surface area contributed by atoms with E-state index in [-0.39, 0.29) is 18.0 Å². The van der Waals surface area contributed by atoms with Gasteiger partial charge in [0, 0.05) is 30.8 Å². The van der Waals surface area contributed by atoms with Crippen LogP contribution in [0.4, 0.5) is 10.5 Å². The largest absolute Gasteiger partial charge is 0.416 e. The molecular weight excluding hydrogens is 422 g/mol. The first-order valence-corrected chi connectivity index (χ1v) is 10.3. The first-order valence-electron chi connectivity index (χ1n) is 9.94. The van der Waals surface area contributed by atoms with Gasteiger partial charge in [-0.3, -0.25) is 9.48 Å². The zero-order chi connectivity index (χ0) is 21.8. The van der Waals surface area contributed by atoms with E-state index in [9.17, 15) is 9.59 Å². The van der Waals surface area contributed by atoms with Crippen molar-refractivity contribution in [2.75, 3.05) is 5.32 Å². The van der Waals surface area contributed by atoms with Crippen molar-refractivity contribution in [2.24, 2.45) is 13.0 Å². The van der Waals surface area contributed by atoms with E-state index in [1.807, 2.05) is 0 Å². The number of aryl methyl sites for hydroxylation is 1. The molecule has 4 heterocycles. The van der Waals surface area contributed by atoms with Crippen LogP contribution in [0.1, 0.15) is 42.8 Å². The van der Waals surface area contributed by atoms with Crippen LogP contribution in [0.25, 0.3) is 11.4 Å². The Kier molecular flexibility index (Phi) is 4.54. The van der Waals surface area contributed by atoms with E-state index in [1.165, 1.54) is 0 Å². The summed E-state index contributed by atoms with van der Waals surface area (Å²) in [5, 5.41) is 15.5. The van der Waals surface area contributed by atoms with Gasteiger partial charge in [-0.2, -0.15) is 5.10 Å². The summed E-state index contributed by atoms with van der Waals surface area (Å²) in [7, 11) is 1.77. The summed E-state index contributed by atoms with van der Waals surface area (Å²) in [5.74, 6) is 1.09. The third-order valence-corrected chi connectivity index (χ3v) is 6.31. The number of amides is 2. The number of aldehydes is 1. The smallest absolute Gasteiger partial charge is 0.323 e. The van der Waals surface area contributed by atoms with Gasteiger partial charge in [0.25, 0.3) is 5.89 Å². The molecule has 6 rings (SSSR count). The maximum atomic E-state index is 13.3. The molecule has 2 aromatic heterocycles. The minimum atomic E-state index is -0.696. The highest BCUT2D eigenvalue weighted by molar-refractivity contribution is 6.33. The van der Waals surface area contributed by atoms with Crippen LogP contribution in [0.3, 0.4) is 0 Å².